The van der Waals surface area contributed by atoms with Crippen LogP contribution in [0.3, 0.4) is 0 Å². The van der Waals surface area contributed by atoms with Gasteiger partial charge in [-0.15, -0.1) is 0 Å². The van der Waals surface area contributed by atoms with E-state index in [0.29, 0.717) is 6.10 Å². The van der Waals surface area contributed by atoms with Crippen molar-refractivity contribution in [3.63, 3.8) is 0 Å². The van der Waals surface area contributed by atoms with Crippen LogP contribution < -0.4 is 0 Å². The van der Waals surface area contributed by atoms with Crippen molar-refractivity contribution in [2.75, 3.05) is 0 Å². The van der Waals surface area contributed by atoms with Crippen molar-refractivity contribution in [2.24, 2.45) is 0 Å². The van der Waals surface area contributed by atoms with Gasteiger partial charge in [0.1, 0.15) is 6.10 Å². The van der Waals surface area contributed by atoms with Crippen LogP contribution in [0.5, 0.6) is 0 Å². The van der Waals surface area contributed by atoms with E-state index >= 15 is 0 Å². The Labute approximate surface area is 125 Å². The minimum absolute atomic E-state index is 0.137. The Morgan fingerprint density at radius 3 is 2.68 bits per heavy atom. The normalized spacial score (nSPS) is 22.6. The van der Waals surface area contributed by atoms with Crippen LogP contribution in [0.4, 0.5) is 0 Å². The van der Waals surface area contributed by atoms with E-state index in [1.54, 1.807) is 0 Å². The number of hydrogen-bond donors (Lipinski definition) is 0. The molecule has 1 aromatic carbocycles. The van der Waals surface area contributed by atoms with Crippen LogP contribution in [-0.2, 0) is 4.74 Å². The second-order valence-corrected chi connectivity index (χ2v) is 6.16. The number of halogens is 1. The first-order chi connectivity index (χ1) is 9.29. The third-order valence-corrected chi connectivity index (χ3v) is 4.16. The highest BCUT2D eigenvalue weighted by Crippen LogP contribution is 2.29. The van der Waals surface area contributed by atoms with Gasteiger partial charge < -0.3 is 4.74 Å². The van der Waals surface area contributed by atoms with Gasteiger partial charge in [0.2, 0.25) is 0 Å². The van der Waals surface area contributed by atoms with Crippen molar-refractivity contribution in [2.45, 2.75) is 57.7 Å². The van der Waals surface area contributed by atoms with Crippen LogP contribution in [0.15, 0.2) is 40.9 Å². The summed E-state index contributed by atoms with van der Waals surface area (Å²) in [6.45, 7) is 2.25. The number of benzene rings is 1. The molecule has 2 atom stereocenters. The molecule has 2 heteroatoms. The van der Waals surface area contributed by atoms with E-state index in [9.17, 15) is 0 Å². The molecule has 104 valence electrons. The molecule has 0 amide bonds. The molecule has 0 spiro atoms. The first-order valence-corrected chi connectivity index (χ1v) is 8.16. The van der Waals surface area contributed by atoms with Gasteiger partial charge in [-0.25, -0.2) is 0 Å². The summed E-state index contributed by atoms with van der Waals surface area (Å²) in [5, 5.41) is 0. The van der Waals surface area contributed by atoms with Crippen molar-refractivity contribution in [1.29, 1.82) is 0 Å². The molecule has 0 bridgehead atoms. The lowest BCUT2D eigenvalue weighted by Gasteiger charge is -2.26. The van der Waals surface area contributed by atoms with E-state index in [1.807, 2.05) is 0 Å². The van der Waals surface area contributed by atoms with Crippen molar-refractivity contribution in [1.82, 2.24) is 0 Å². The Bertz CT molecular complexity index is 396. The van der Waals surface area contributed by atoms with E-state index in [2.05, 4.69) is 59.3 Å². The third-order valence-electron chi connectivity index (χ3n) is 3.63. The Morgan fingerprint density at radius 1 is 1.16 bits per heavy atom. The largest absolute Gasteiger partial charge is 0.366 e. The molecule has 0 aliphatic carbocycles. The van der Waals surface area contributed by atoms with Crippen molar-refractivity contribution in [3.8, 4) is 0 Å². The van der Waals surface area contributed by atoms with Crippen LogP contribution in [-0.4, -0.2) is 6.10 Å². The summed E-state index contributed by atoms with van der Waals surface area (Å²) in [5.41, 5.74) is 1.25. The van der Waals surface area contributed by atoms with Gasteiger partial charge in [0, 0.05) is 4.47 Å². The first kappa shape index (κ1) is 14.8. The van der Waals surface area contributed by atoms with E-state index in [1.165, 1.54) is 37.7 Å². The summed E-state index contributed by atoms with van der Waals surface area (Å²) in [4.78, 5) is 0. The molecular formula is C17H23BrO. The minimum atomic E-state index is 0.137. The predicted molar refractivity (Wildman–Crippen MR) is 84.3 cm³/mol. The Kier molecular flexibility index (Phi) is 6.12. The van der Waals surface area contributed by atoms with Crippen LogP contribution in [0.25, 0.3) is 0 Å². The zero-order valence-corrected chi connectivity index (χ0v) is 13.2. The van der Waals surface area contributed by atoms with Gasteiger partial charge in [0.05, 0.1) is 6.10 Å². The molecule has 0 saturated carbocycles. The van der Waals surface area contributed by atoms with Crippen molar-refractivity contribution >= 4 is 15.9 Å². The van der Waals surface area contributed by atoms with Gasteiger partial charge in [-0.05, 0) is 30.5 Å². The standard InChI is InChI=1S/C17H23BrO/c1-2-3-4-5-7-16-8-6-9-17(19-16)14-10-12-15(18)13-11-14/h6,9-13,16-17H,2-5,7-8H2,1H3/t16-,17-/m0/s1. The Morgan fingerprint density at radius 2 is 1.95 bits per heavy atom. The zero-order valence-electron chi connectivity index (χ0n) is 11.6. The lowest BCUT2D eigenvalue weighted by atomic mass is 10.0. The second-order valence-electron chi connectivity index (χ2n) is 5.24. The molecule has 1 nitrogen and oxygen atoms in total. The number of rotatable bonds is 6. The number of hydrogen-bond acceptors (Lipinski definition) is 1. The summed E-state index contributed by atoms with van der Waals surface area (Å²) in [6, 6.07) is 8.44. The highest BCUT2D eigenvalue weighted by molar-refractivity contribution is 9.10. The van der Waals surface area contributed by atoms with Crippen LogP contribution in [0.2, 0.25) is 0 Å². The maximum absolute atomic E-state index is 6.19. The van der Waals surface area contributed by atoms with Crippen LogP contribution in [0.1, 0.15) is 57.1 Å². The number of unbranched alkanes of at least 4 members (excludes halogenated alkanes) is 3. The molecule has 0 unspecified atom stereocenters. The number of ether oxygens (including phenoxy) is 1. The van der Waals surface area contributed by atoms with Gasteiger partial charge >= 0.3 is 0 Å². The molecule has 0 N–H and O–H groups in total. The van der Waals surface area contributed by atoms with Gasteiger partial charge in [-0.1, -0.05) is 72.8 Å². The molecule has 1 heterocycles. The summed E-state index contributed by atoms with van der Waals surface area (Å²) in [5.74, 6) is 0. The van der Waals surface area contributed by atoms with E-state index in [4.69, 9.17) is 4.74 Å². The zero-order chi connectivity index (χ0) is 13.5. The predicted octanol–water partition coefficient (Wildman–Crippen LogP) is 5.81. The molecule has 19 heavy (non-hydrogen) atoms. The maximum Gasteiger partial charge on any atom is 0.101 e. The SMILES string of the molecule is CCCCCC[C@H]1CC=C[C@@H](c2ccc(Br)cc2)O1. The molecule has 1 aliphatic heterocycles. The molecule has 0 saturated heterocycles. The monoisotopic (exact) mass is 322 g/mol. The fourth-order valence-corrected chi connectivity index (χ4v) is 2.75. The third kappa shape index (κ3) is 4.77. The molecule has 0 fully saturated rings. The van der Waals surface area contributed by atoms with E-state index in [0.717, 1.165) is 10.9 Å². The molecule has 0 aromatic heterocycles. The highest BCUT2D eigenvalue weighted by Gasteiger charge is 2.19. The first-order valence-electron chi connectivity index (χ1n) is 7.37. The smallest absolute Gasteiger partial charge is 0.101 e. The molecule has 1 aromatic rings. The fraction of sp³-hybridized carbons (Fsp3) is 0.529. The van der Waals surface area contributed by atoms with Gasteiger partial charge in [-0.2, -0.15) is 0 Å². The lowest BCUT2D eigenvalue weighted by Crippen LogP contribution is -2.19. The molecule has 2 rings (SSSR count). The van der Waals surface area contributed by atoms with Gasteiger partial charge in [0.15, 0.2) is 0 Å². The maximum atomic E-state index is 6.19. The van der Waals surface area contributed by atoms with Crippen LogP contribution >= 0.6 is 15.9 Å². The van der Waals surface area contributed by atoms with Gasteiger partial charge in [0.25, 0.3) is 0 Å². The molecule has 0 radical (unpaired) electrons. The van der Waals surface area contributed by atoms with E-state index < -0.39 is 0 Å². The fourth-order valence-electron chi connectivity index (χ4n) is 2.49. The lowest BCUT2D eigenvalue weighted by molar-refractivity contribution is -0.000814. The summed E-state index contributed by atoms with van der Waals surface area (Å²) >= 11 is 3.47. The second kappa shape index (κ2) is 7.86. The summed E-state index contributed by atoms with van der Waals surface area (Å²) in [7, 11) is 0. The average Bonchev–Trinajstić information content (AvgIpc) is 2.45. The Balaban J connectivity index is 1.85. The van der Waals surface area contributed by atoms with Gasteiger partial charge in [-0.3, -0.25) is 0 Å². The molecular weight excluding hydrogens is 300 g/mol. The Hall–Kier alpha value is -0.600. The van der Waals surface area contributed by atoms with E-state index in [-0.39, 0.29) is 6.10 Å². The highest BCUT2D eigenvalue weighted by atomic mass is 79.9. The summed E-state index contributed by atoms with van der Waals surface area (Å²) < 4.78 is 7.31. The quantitative estimate of drug-likeness (QED) is 0.474. The van der Waals surface area contributed by atoms with Crippen molar-refractivity contribution < 1.29 is 4.74 Å². The minimum Gasteiger partial charge on any atom is -0.366 e. The summed E-state index contributed by atoms with van der Waals surface area (Å²) in [6.07, 6.45) is 12.5. The van der Waals surface area contributed by atoms with Crippen molar-refractivity contribution in [3.05, 3.63) is 46.5 Å². The molecule has 1 aliphatic rings. The average molecular weight is 323 g/mol. The topological polar surface area (TPSA) is 9.23 Å². The van der Waals surface area contributed by atoms with Crippen LogP contribution in [0, 0.1) is 0 Å².